The fourth-order valence-electron chi connectivity index (χ4n) is 1.83. The highest BCUT2D eigenvalue weighted by molar-refractivity contribution is 8.00. The van der Waals surface area contributed by atoms with Crippen molar-refractivity contribution in [3.8, 4) is 0 Å². The molecule has 0 bridgehead atoms. The van der Waals surface area contributed by atoms with Crippen molar-refractivity contribution in [2.24, 2.45) is 0 Å². The second-order valence-electron chi connectivity index (χ2n) is 4.32. The Morgan fingerprint density at radius 1 is 1.15 bits per heavy atom. The van der Waals surface area contributed by atoms with Crippen LogP contribution in [0.3, 0.4) is 0 Å². The molecular weight excluding hydrogens is 311 g/mol. The minimum Gasteiger partial charge on any atom is -0.293 e. The molecule has 0 aliphatic rings. The molecule has 2 rings (SSSR count). The largest absolute Gasteiger partial charge is 0.293 e. The Hall–Kier alpha value is -0.960. The lowest BCUT2D eigenvalue weighted by atomic mass is 10.1. The number of hydrogen-bond donors (Lipinski definition) is 0. The Bertz CT molecular complexity index is 599. The summed E-state index contributed by atoms with van der Waals surface area (Å²) in [7, 11) is 0. The third-order valence-corrected chi connectivity index (χ3v) is 4.98. The predicted molar refractivity (Wildman–Crippen MR) is 87.2 cm³/mol. The molecule has 1 nitrogen and oxygen atoms in total. The van der Waals surface area contributed by atoms with Gasteiger partial charge in [0.05, 0.1) is 10.3 Å². The third-order valence-electron chi connectivity index (χ3n) is 2.88. The van der Waals surface area contributed by atoms with E-state index in [1.54, 1.807) is 18.2 Å². The minimum atomic E-state index is -0.159. The van der Waals surface area contributed by atoms with Crippen LogP contribution in [0.1, 0.15) is 23.7 Å². The zero-order valence-corrected chi connectivity index (χ0v) is 13.3. The van der Waals surface area contributed by atoms with Crippen LogP contribution >= 0.6 is 35.0 Å². The summed E-state index contributed by atoms with van der Waals surface area (Å²) in [5, 5.41) is 1.09. The van der Waals surface area contributed by atoms with Crippen LogP contribution in [0.5, 0.6) is 0 Å². The first-order valence-corrected chi connectivity index (χ1v) is 7.96. The van der Waals surface area contributed by atoms with Crippen molar-refractivity contribution in [1.82, 2.24) is 0 Å². The molecule has 4 heteroatoms. The summed E-state index contributed by atoms with van der Waals surface area (Å²) < 4.78 is 0. The Balaban J connectivity index is 2.21. The lowest BCUT2D eigenvalue weighted by molar-refractivity contribution is 0.0988. The second kappa shape index (κ2) is 7.16. The lowest BCUT2D eigenvalue weighted by Gasteiger charge is -2.14. The van der Waals surface area contributed by atoms with Gasteiger partial charge in [-0.05, 0) is 24.6 Å². The van der Waals surface area contributed by atoms with Gasteiger partial charge in [-0.3, -0.25) is 4.79 Å². The molecule has 2 aromatic rings. The van der Waals surface area contributed by atoms with Gasteiger partial charge in [-0.2, -0.15) is 0 Å². The Morgan fingerprint density at radius 2 is 1.85 bits per heavy atom. The number of Topliss-reactive ketones (excluding diaryl/α,β-unsaturated/α-hetero) is 1. The maximum absolute atomic E-state index is 12.5. The van der Waals surface area contributed by atoms with Crippen LogP contribution in [-0.4, -0.2) is 11.0 Å². The fraction of sp³-hybridized carbons (Fsp3) is 0.188. The molecule has 0 N–H and O–H groups in total. The Kier molecular flexibility index (Phi) is 5.53. The molecule has 20 heavy (non-hydrogen) atoms. The average Bonchev–Trinajstić information content (AvgIpc) is 2.48. The van der Waals surface area contributed by atoms with Crippen LogP contribution in [0.15, 0.2) is 53.4 Å². The van der Waals surface area contributed by atoms with E-state index in [1.165, 1.54) is 11.8 Å². The van der Waals surface area contributed by atoms with Crippen LogP contribution in [0.25, 0.3) is 0 Å². The van der Waals surface area contributed by atoms with Crippen molar-refractivity contribution in [1.29, 1.82) is 0 Å². The highest BCUT2D eigenvalue weighted by atomic mass is 35.5. The topological polar surface area (TPSA) is 17.1 Å². The first-order chi connectivity index (χ1) is 9.61. The average molecular weight is 325 g/mol. The number of carbonyl (C=O) groups excluding carboxylic acids is 1. The number of carbonyl (C=O) groups is 1. The molecule has 0 radical (unpaired) electrons. The molecule has 104 valence electrons. The molecule has 0 spiro atoms. The van der Waals surface area contributed by atoms with Gasteiger partial charge in [0.15, 0.2) is 5.78 Å². The lowest BCUT2D eigenvalue weighted by Crippen LogP contribution is -2.16. The molecule has 0 aliphatic carbocycles. The first kappa shape index (κ1) is 15.4. The van der Waals surface area contributed by atoms with E-state index in [4.69, 9.17) is 23.2 Å². The normalized spacial score (nSPS) is 12.2. The van der Waals surface area contributed by atoms with Gasteiger partial charge in [-0.15, -0.1) is 11.8 Å². The second-order valence-corrected chi connectivity index (χ2v) is 6.41. The minimum absolute atomic E-state index is 0.120. The molecular formula is C16H14Cl2OS. The molecule has 0 aliphatic heterocycles. The van der Waals surface area contributed by atoms with Gasteiger partial charge in [-0.25, -0.2) is 0 Å². The standard InChI is InChI=1S/C16H14Cl2OS/c1-2-14(16(19)11-6-4-3-5-7-11)20-15-10-12(17)8-9-13(15)18/h3-10,14H,2H2,1H3. The summed E-state index contributed by atoms with van der Waals surface area (Å²) >= 11 is 13.6. The van der Waals surface area contributed by atoms with E-state index in [0.717, 1.165) is 16.9 Å². The zero-order chi connectivity index (χ0) is 14.5. The first-order valence-electron chi connectivity index (χ1n) is 6.32. The zero-order valence-electron chi connectivity index (χ0n) is 11.0. The number of ketones is 1. The van der Waals surface area contributed by atoms with Gasteiger partial charge in [0.1, 0.15) is 0 Å². The van der Waals surface area contributed by atoms with Gasteiger partial charge < -0.3 is 0 Å². The number of hydrogen-bond acceptors (Lipinski definition) is 2. The predicted octanol–water partition coefficient (Wildman–Crippen LogP) is 5.75. The van der Waals surface area contributed by atoms with E-state index in [2.05, 4.69) is 0 Å². The van der Waals surface area contributed by atoms with Crippen LogP contribution in [0, 0.1) is 0 Å². The highest BCUT2D eigenvalue weighted by Crippen LogP contribution is 2.34. The summed E-state index contributed by atoms with van der Waals surface area (Å²) in [6, 6.07) is 14.6. The van der Waals surface area contributed by atoms with Gasteiger partial charge >= 0.3 is 0 Å². The number of benzene rings is 2. The van der Waals surface area contributed by atoms with Crippen molar-refractivity contribution in [2.75, 3.05) is 0 Å². The maximum atomic E-state index is 12.5. The molecule has 1 atom stereocenters. The van der Waals surface area contributed by atoms with E-state index < -0.39 is 0 Å². The number of halogens is 2. The quantitative estimate of drug-likeness (QED) is 0.514. The summed E-state index contributed by atoms with van der Waals surface area (Å²) in [5.41, 5.74) is 0.727. The molecule has 0 amide bonds. The summed E-state index contributed by atoms with van der Waals surface area (Å²) in [6.45, 7) is 2.00. The Labute approximate surface area is 133 Å². The van der Waals surface area contributed by atoms with Crippen LogP contribution in [0.4, 0.5) is 0 Å². The number of thioether (sulfide) groups is 1. The van der Waals surface area contributed by atoms with Gasteiger partial charge in [-0.1, -0.05) is 60.5 Å². The van der Waals surface area contributed by atoms with Crippen molar-refractivity contribution < 1.29 is 4.79 Å². The third kappa shape index (κ3) is 3.78. The van der Waals surface area contributed by atoms with Crippen molar-refractivity contribution in [2.45, 2.75) is 23.5 Å². The van der Waals surface area contributed by atoms with Crippen LogP contribution in [-0.2, 0) is 0 Å². The van der Waals surface area contributed by atoms with Crippen LogP contribution in [0.2, 0.25) is 10.0 Å². The van der Waals surface area contributed by atoms with E-state index in [1.807, 2.05) is 37.3 Å². The SMILES string of the molecule is CCC(Sc1cc(Cl)ccc1Cl)C(=O)c1ccccc1. The summed E-state index contributed by atoms with van der Waals surface area (Å²) in [5.74, 6) is 0.120. The molecule has 0 saturated carbocycles. The monoisotopic (exact) mass is 324 g/mol. The molecule has 0 aromatic heterocycles. The molecule has 0 saturated heterocycles. The molecule has 0 heterocycles. The van der Waals surface area contributed by atoms with E-state index in [-0.39, 0.29) is 11.0 Å². The van der Waals surface area contributed by atoms with Gasteiger partial charge in [0, 0.05) is 15.5 Å². The van der Waals surface area contributed by atoms with Crippen molar-refractivity contribution >= 4 is 40.7 Å². The maximum Gasteiger partial charge on any atom is 0.176 e. The van der Waals surface area contributed by atoms with E-state index >= 15 is 0 Å². The van der Waals surface area contributed by atoms with Gasteiger partial charge in [0.25, 0.3) is 0 Å². The van der Waals surface area contributed by atoms with Crippen molar-refractivity contribution in [3.05, 3.63) is 64.1 Å². The number of rotatable bonds is 5. The van der Waals surface area contributed by atoms with E-state index in [9.17, 15) is 4.79 Å². The van der Waals surface area contributed by atoms with Gasteiger partial charge in [0.2, 0.25) is 0 Å². The summed E-state index contributed by atoms with van der Waals surface area (Å²) in [4.78, 5) is 13.3. The molecule has 0 fully saturated rings. The van der Waals surface area contributed by atoms with Crippen molar-refractivity contribution in [3.63, 3.8) is 0 Å². The fourth-order valence-corrected chi connectivity index (χ4v) is 3.41. The molecule has 1 unspecified atom stereocenters. The van der Waals surface area contributed by atoms with E-state index in [0.29, 0.717) is 10.0 Å². The summed E-state index contributed by atoms with van der Waals surface area (Å²) in [6.07, 6.45) is 0.737. The smallest absolute Gasteiger partial charge is 0.176 e. The van der Waals surface area contributed by atoms with Crippen LogP contribution < -0.4 is 0 Å². The molecule has 2 aromatic carbocycles. The Morgan fingerprint density at radius 3 is 2.50 bits per heavy atom. The highest BCUT2D eigenvalue weighted by Gasteiger charge is 2.20.